The maximum absolute atomic E-state index is 13.9. The van der Waals surface area contributed by atoms with E-state index in [1.165, 1.54) is 47.3 Å². The molecule has 0 aliphatic heterocycles. The van der Waals surface area contributed by atoms with Crippen molar-refractivity contribution in [2.75, 3.05) is 6.26 Å². The number of hydrogen-bond donors (Lipinski definition) is 1. The molecule has 0 spiro atoms. The minimum atomic E-state index is -0.397. The molecule has 9 heteroatoms. The van der Waals surface area contributed by atoms with Gasteiger partial charge in [-0.15, -0.1) is 11.8 Å². The van der Waals surface area contributed by atoms with Crippen molar-refractivity contribution in [3.8, 4) is 27.9 Å². The number of halogens is 2. The molecule has 37 heavy (non-hydrogen) atoms. The zero-order valence-electron chi connectivity index (χ0n) is 20.0. The van der Waals surface area contributed by atoms with Crippen molar-refractivity contribution in [2.24, 2.45) is 0 Å². The molecule has 0 aliphatic carbocycles. The van der Waals surface area contributed by atoms with Crippen LogP contribution in [0.5, 0.6) is 0 Å². The summed E-state index contributed by atoms with van der Waals surface area (Å²) in [6.45, 7) is 1.66. The first kappa shape index (κ1) is 25.7. The Morgan fingerprint density at radius 1 is 0.892 bits per heavy atom. The van der Waals surface area contributed by atoms with Crippen LogP contribution in [0.2, 0.25) is 0 Å². The largest absolute Gasteiger partial charge is 0.279 e. The fraction of sp³-hybridized carbons (Fsp3) is 0.0714. The fourth-order valence-electron chi connectivity index (χ4n) is 3.60. The number of nitrogens with one attached hydrogen (secondary N) is 1. The number of aryl methyl sites for hydroxylation is 1. The third-order valence-corrected chi connectivity index (χ3v) is 6.22. The fourth-order valence-corrected chi connectivity index (χ4v) is 4.01. The van der Waals surface area contributed by atoms with Crippen LogP contribution < -0.4 is 11.1 Å². The Hall–Kier alpha value is -4.37. The Morgan fingerprint density at radius 2 is 1.59 bits per heavy atom. The van der Waals surface area contributed by atoms with Crippen molar-refractivity contribution in [3.05, 3.63) is 129 Å². The lowest BCUT2D eigenvalue weighted by Crippen LogP contribution is -2.23. The van der Waals surface area contributed by atoms with E-state index in [9.17, 15) is 18.4 Å². The first-order chi connectivity index (χ1) is 17.9. The quantitative estimate of drug-likeness (QED) is 0.313. The van der Waals surface area contributed by atoms with Gasteiger partial charge in [-0.2, -0.15) is 14.9 Å². The third kappa shape index (κ3) is 6.07. The van der Waals surface area contributed by atoms with Crippen molar-refractivity contribution in [2.45, 2.75) is 11.8 Å². The number of benzene rings is 3. The van der Waals surface area contributed by atoms with Crippen LogP contribution in [-0.2, 0) is 0 Å². The predicted molar refractivity (Wildman–Crippen MR) is 142 cm³/mol. The summed E-state index contributed by atoms with van der Waals surface area (Å²) in [5.74, 6) is -0.732. The number of aromatic amines is 1. The Bertz CT molecular complexity index is 1620. The van der Waals surface area contributed by atoms with Crippen LogP contribution in [-0.4, -0.2) is 26.2 Å². The van der Waals surface area contributed by atoms with Crippen molar-refractivity contribution < 1.29 is 8.78 Å². The van der Waals surface area contributed by atoms with Gasteiger partial charge in [0, 0.05) is 22.7 Å². The highest BCUT2D eigenvalue weighted by Gasteiger charge is 2.17. The highest BCUT2D eigenvalue weighted by molar-refractivity contribution is 7.98. The predicted octanol–water partition coefficient (Wildman–Crippen LogP) is 5.64. The van der Waals surface area contributed by atoms with Crippen LogP contribution >= 0.6 is 11.8 Å². The van der Waals surface area contributed by atoms with Gasteiger partial charge in [0.2, 0.25) is 0 Å². The maximum Gasteiger partial charge on any atom is 0.279 e. The van der Waals surface area contributed by atoms with E-state index >= 15 is 0 Å². The Balaban J connectivity index is 0.000000396. The van der Waals surface area contributed by atoms with Gasteiger partial charge >= 0.3 is 0 Å². The van der Waals surface area contributed by atoms with Gasteiger partial charge < -0.3 is 0 Å². The molecule has 0 atom stereocenters. The second-order valence-electron chi connectivity index (χ2n) is 7.93. The maximum atomic E-state index is 13.9. The molecule has 0 unspecified atom stereocenters. The average Bonchev–Trinajstić information content (AvgIpc) is 2.92. The lowest BCUT2D eigenvalue weighted by Gasteiger charge is -2.14. The van der Waals surface area contributed by atoms with Gasteiger partial charge in [0.05, 0.1) is 17.4 Å². The molecule has 0 fully saturated rings. The Labute approximate surface area is 215 Å². The Kier molecular flexibility index (Phi) is 8.05. The first-order valence-electron chi connectivity index (χ1n) is 11.2. The number of H-pyrrole nitrogens is 1. The molecular weight excluding hydrogens is 494 g/mol. The molecule has 2 heterocycles. The average molecular weight is 517 g/mol. The van der Waals surface area contributed by atoms with Gasteiger partial charge in [-0.05, 0) is 84.5 Å². The Morgan fingerprint density at radius 3 is 2.16 bits per heavy atom. The minimum Gasteiger partial charge on any atom is -0.268 e. The molecule has 0 saturated carbocycles. The van der Waals surface area contributed by atoms with Gasteiger partial charge in [-0.3, -0.25) is 9.59 Å². The molecule has 5 rings (SSSR count). The summed E-state index contributed by atoms with van der Waals surface area (Å²) < 4.78 is 28.4. The standard InChI is InChI=1S/C24H18F2N2OS.C4H4N2O/c1-15-13-17(5-12-22(15)26)23-21(16-3-10-20(30-2)11-4-16)14-27-28(24(23)29)19-8-6-18(25)7-9-19;7-4-2-1-3-5-6-4/h3-14H,1-2H3;1-3H,(H,6,7). The van der Waals surface area contributed by atoms with E-state index in [1.807, 2.05) is 30.5 Å². The molecule has 0 bridgehead atoms. The van der Waals surface area contributed by atoms with E-state index in [0.29, 0.717) is 27.9 Å². The zero-order chi connectivity index (χ0) is 26.4. The molecule has 1 N–H and O–H groups in total. The highest BCUT2D eigenvalue weighted by atomic mass is 32.2. The van der Waals surface area contributed by atoms with Crippen LogP contribution in [0.4, 0.5) is 8.78 Å². The number of nitrogens with zero attached hydrogens (tertiary/aromatic N) is 3. The SMILES string of the molecule is CSc1ccc(-c2cnn(-c3ccc(F)cc3)c(=O)c2-c2ccc(F)c(C)c2)cc1.O=c1cccn[nH]1. The van der Waals surface area contributed by atoms with Gasteiger partial charge in [0.15, 0.2) is 0 Å². The van der Waals surface area contributed by atoms with E-state index in [4.69, 9.17) is 0 Å². The van der Waals surface area contributed by atoms with Crippen molar-refractivity contribution in [1.82, 2.24) is 20.0 Å². The number of hydrogen-bond acceptors (Lipinski definition) is 5. The van der Waals surface area contributed by atoms with E-state index < -0.39 is 5.82 Å². The number of thioether (sulfide) groups is 1. The number of rotatable bonds is 4. The van der Waals surface area contributed by atoms with Crippen LogP contribution in [0, 0.1) is 18.6 Å². The molecule has 2 aromatic heterocycles. The van der Waals surface area contributed by atoms with E-state index in [2.05, 4.69) is 15.3 Å². The normalized spacial score (nSPS) is 10.5. The first-order valence-corrected chi connectivity index (χ1v) is 12.4. The van der Waals surface area contributed by atoms with Crippen LogP contribution in [0.25, 0.3) is 27.9 Å². The third-order valence-electron chi connectivity index (χ3n) is 5.48. The molecule has 0 amide bonds. The molecule has 6 nitrogen and oxygen atoms in total. The van der Waals surface area contributed by atoms with Crippen molar-refractivity contribution >= 4 is 11.8 Å². The van der Waals surface area contributed by atoms with E-state index in [1.54, 1.807) is 43.1 Å². The molecule has 0 aliphatic rings. The van der Waals surface area contributed by atoms with E-state index in [0.717, 1.165) is 10.5 Å². The topological polar surface area (TPSA) is 80.6 Å². The summed E-state index contributed by atoms with van der Waals surface area (Å²) >= 11 is 1.63. The van der Waals surface area contributed by atoms with Gasteiger partial charge in [-0.25, -0.2) is 13.9 Å². The van der Waals surface area contributed by atoms with Crippen LogP contribution in [0.3, 0.4) is 0 Å². The van der Waals surface area contributed by atoms with Crippen LogP contribution in [0.15, 0.2) is 106 Å². The molecule has 0 saturated heterocycles. The second kappa shape index (κ2) is 11.6. The summed E-state index contributed by atoms with van der Waals surface area (Å²) in [6, 6.07) is 21.0. The number of aromatic nitrogens is 4. The monoisotopic (exact) mass is 516 g/mol. The summed E-state index contributed by atoms with van der Waals surface area (Å²) in [5, 5.41) is 10.00. The molecular formula is C28H22F2N4O2S. The zero-order valence-corrected chi connectivity index (χ0v) is 20.8. The summed E-state index contributed by atoms with van der Waals surface area (Å²) in [7, 11) is 0. The second-order valence-corrected chi connectivity index (χ2v) is 8.81. The molecule has 3 aromatic carbocycles. The van der Waals surface area contributed by atoms with Crippen LogP contribution in [0.1, 0.15) is 5.56 Å². The summed E-state index contributed by atoms with van der Waals surface area (Å²) in [4.78, 5) is 24.7. The smallest absolute Gasteiger partial charge is 0.268 e. The molecule has 186 valence electrons. The van der Waals surface area contributed by atoms with E-state index in [-0.39, 0.29) is 16.9 Å². The lowest BCUT2D eigenvalue weighted by atomic mass is 9.96. The molecule has 0 radical (unpaired) electrons. The highest BCUT2D eigenvalue weighted by Crippen LogP contribution is 2.31. The minimum absolute atomic E-state index is 0.164. The lowest BCUT2D eigenvalue weighted by molar-refractivity contribution is 0.619. The van der Waals surface area contributed by atoms with Crippen molar-refractivity contribution in [3.63, 3.8) is 0 Å². The van der Waals surface area contributed by atoms with Gasteiger partial charge in [0.25, 0.3) is 11.1 Å². The van der Waals surface area contributed by atoms with Gasteiger partial charge in [0.1, 0.15) is 11.6 Å². The molecule has 5 aromatic rings. The van der Waals surface area contributed by atoms with Gasteiger partial charge in [-0.1, -0.05) is 18.2 Å². The summed E-state index contributed by atoms with van der Waals surface area (Å²) in [5.41, 5.74) is 2.86. The van der Waals surface area contributed by atoms with Crippen molar-refractivity contribution in [1.29, 1.82) is 0 Å². The summed E-state index contributed by atoms with van der Waals surface area (Å²) in [6.07, 6.45) is 5.13.